The van der Waals surface area contributed by atoms with Gasteiger partial charge in [0.1, 0.15) is 6.61 Å². The molecule has 2 aromatic rings. The molecule has 184 valence electrons. The number of nitrogens with one attached hydrogen (secondary N) is 1. The molecule has 0 bridgehead atoms. The summed E-state index contributed by atoms with van der Waals surface area (Å²) in [6.07, 6.45) is 3.03. The summed E-state index contributed by atoms with van der Waals surface area (Å²) in [5.41, 5.74) is 5.22. The number of nitrogens with zero attached hydrogens (tertiary/aromatic N) is 1. The molecular formula is C28H32N2O4S. The van der Waals surface area contributed by atoms with Gasteiger partial charge in [0.2, 0.25) is 0 Å². The number of thiophene rings is 1. The number of ether oxygens (including phenoxy) is 2. The van der Waals surface area contributed by atoms with Crippen molar-refractivity contribution in [3.63, 3.8) is 0 Å². The highest BCUT2D eigenvalue weighted by atomic mass is 32.1. The first kappa shape index (κ1) is 23.8. The maximum absolute atomic E-state index is 13.6. The van der Waals surface area contributed by atoms with E-state index in [1.807, 2.05) is 38.5 Å². The van der Waals surface area contributed by atoms with E-state index in [2.05, 4.69) is 34.5 Å². The van der Waals surface area contributed by atoms with Gasteiger partial charge in [-0.1, -0.05) is 18.2 Å². The van der Waals surface area contributed by atoms with Crippen molar-refractivity contribution in [2.45, 2.75) is 50.5 Å². The quantitative estimate of drug-likeness (QED) is 0.579. The van der Waals surface area contributed by atoms with E-state index in [-0.39, 0.29) is 30.4 Å². The topological polar surface area (TPSA) is 67.9 Å². The standard InChI is InChI=1S/C28H32N2O4S/c1-17-25(28(32)34-16-21-6-4-12-33-21)27(24-7-5-13-35-24)26-22(29-17)14-19(15-23(26)31)18-8-10-20(11-9-18)30(2)3/h5,7-11,13,19,21,27,29H,4,6,12,14-16H2,1-3H3. The molecule has 1 aliphatic carbocycles. The molecular weight excluding hydrogens is 460 g/mol. The fraction of sp³-hybridized carbons (Fsp3) is 0.429. The Balaban J connectivity index is 1.43. The second-order valence-electron chi connectivity index (χ2n) is 9.75. The van der Waals surface area contributed by atoms with Crippen molar-refractivity contribution in [1.29, 1.82) is 0 Å². The smallest absolute Gasteiger partial charge is 0.336 e. The first-order chi connectivity index (χ1) is 16.9. The number of carbonyl (C=O) groups is 2. The van der Waals surface area contributed by atoms with Crippen LogP contribution >= 0.6 is 11.3 Å². The Morgan fingerprint density at radius 3 is 2.66 bits per heavy atom. The number of hydrogen-bond donors (Lipinski definition) is 1. The summed E-state index contributed by atoms with van der Waals surface area (Å²) < 4.78 is 11.3. The zero-order chi connectivity index (χ0) is 24.5. The lowest BCUT2D eigenvalue weighted by atomic mass is 9.73. The summed E-state index contributed by atoms with van der Waals surface area (Å²) in [7, 11) is 4.04. The van der Waals surface area contributed by atoms with Crippen molar-refractivity contribution in [1.82, 2.24) is 5.32 Å². The first-order valence-corrected chi connectivity index (χ1v) is 13.1. The lowest BCUT2D eigenvalue weighted by Gasteiger charge is -2.36. The highest BCUT2D eigenvalue weighted by Crippen LogP contribution is 2.46. The van der Waals surface area contributed by atoms with Crippen LogP contribution in [0.4, 0.5) is 5.69 Å². The third-order valence-electron chi connectivity index (χ3n) is 7.18. The first-order valence-electron chi connectivity index (χ1n) is 12.3. The van der Waals surface area contributed by atoms with Gasteiger partial charge in [0.05, 0.1) is 17.6 Å². The van der Waals surface area contributed by atoms with Gasteiger partial charge in [-0.3, -0.25) is 4.79 Å². The number of hydrogen-bond acceptors (Lipinski definition) is 7. The molecule has 3 atom stereocenters. The summed E-state index contributed by atoms with van der Waals surface area (Å²) >= 11 is 1.57. The van der Waals surface area contributed by atoms with Crippen LogP contribution in [-0.4, -0.2) is 45.2 Å². The average Bonchev–Trinajstić information content (AvgIpc) is 3.56. The average molecular weight is 493 g/mol. The van der Waals surface area contributed by atoms with E-state index < -0.39 is 5.92 Å². The lowest BCUT2D eigenvalue weighted by Crippen LogP contribution is -2.36. The lowest BCUT2D eigenvalue weighted by molar-refractivity contribution is -0.142. The Labute approximate surface area is 210 Å². The number of esters is 1. The molecule has 0 spiro atoms. The number of allylic oxidation sites excluding steroid dienone is 3. The molecule has 3 unspecified atom stereocenters. The molecule has 0 radical (unpaired) electrons. The molecule has 6 nitrogen and oxygen atoms in total. The summed E-state index contributed by atoms with van der Waals surface area (Å²) in [5, 5.41) is 5.42. The number of benzene rings is 1. The minimum absolute atomic E-state index is 0.0395. The van der Waals surface area contributed by atoms with Gasteiger partial charge < -0.3 is 19.7 Å². The minimum Gasteiger partial charge on any atom is -0.459 e. The second kappa shape index (κ2) is 9.99. The van der Waals surface area contributed by atoms with Gasteiger partial charge in [0, 0.05) is 54.7 Å². The normalized spacial score (nSPS) is 24.3. The fourth-order valence-corrected chi connectivity index (χ4v) is 6.20. The van der Waals surface area contributed by atoms with Crippen LogP contribution < -0.4 is 10.2 Å². The molecule has 0 saturated carbocycles. The summed E-state index contributed by atoms with van der Waals surface area (Å²) in [6, 6.07) is 12.4. The molecule has 1 saturated heterocycles. The predicted octanol–water partition coefficient (Wildman–Crippen LogP) is 4.90. The van der Waals surface area contributed by atoms with Crippen molar-refractivity contribution >= 4 is 28.8 Å². The maximum atomic E-state index is 13.6. The van der Waals surface area contributed by atoms with Crippen LogP contribution in [-0.2, 0) is 19.1 Å². The van der Waals surface area contributed by atoms with Crippen molar-refractivity contribution in [2.75, 3.05) is 32.2 Å². The summed E-state index contributed by atoms with van der Waals surface area (Å²) in [6.45, 7) is 2.87. The highest BCUT2D eigenvalue weighted by Gasteiger charge is 2.42. The maximum Gasteiger partial charge on any atom is 0.336 e. The number of anilines is 1. The van der Waals surface area contributed by atoms with Gasteiger partial charge in [-0.2, -0.15) is 0 Å². The van der Waals surface area contributed by atoms with Crippen molar-refractivity contribution in [3.05, 3.63) is 74.8 Å². The Morgan fingerprint density at radius 2 is 2.00 bits per heavy atom. The molecule has 2 aliphatic heterocycles. The Hall–Kier alpha value is -2.90. The number of rotatable bonds is 6. The molecule has 1 N–H and O–H groups in total. The van der Waals surface area contributed by atoms with Crippen LogP contribution in [0.1, 0.15) is 54.9 Å². The largest absolute Gasteiger partial charge is 0.459 e. The molecule has 3 heterocycles. The highest BCUT2D eigenvalue weighted by molar-refractivity contribution is 7.10. The number of carbonyl (C=O) groups excluding carboxylic acids is 2. The Kier molecular flexibility index (Phi) is 6.80. The Morgan fingerprint density at radius 1 is 1.20 bits per heavy atom. The minimum atomic E-state index is -0.396. The van der Waals surface area contributed by atoms with Crippen LogP contribution in [0.15, 0.2) is 64.3 Å². The zero-order valence-electron chi connectivity index (χ0n) is 20.5. The molecule has 5 rings (SSSR count). The van der Waals surface area contributed by atoms with E-state index in [1.54, 1.807) is 11.3 Å². The number of Topliss-reactive ketones (excluding diaryl/α,β-unsaturated/α-hetero) is 1. The van der Waals surface area contributed by atoms with Crippen molar-refractivity contribution in [2.24, 2.45) is 0 Å². The number of ketones is 1. The van der Waals surface area contributed by atoms with E-state index >= 15 is 0 Å². The Bertz CT molecular complexity index is 1160. The molecule has 0 amide bonds. The SMILES string of the molecule is CC1=C(C(=O)OCC2CCCO2)C(c2cccs2)C2=C(CC(c3ccc(N(C)C)cc3)CC2=O)N1. The molecule has 1 fully saturated rings. The molecule has 1 aromatic heterocycles. The van der Waals surface area contributed by atoms with Crippen LogP contribution in [0, 0.1) is 0 Å². The third kappa shape index (κ3) is 4.80. The summed E-state index contributed by atoms with van der Waals surface area (Å²) in [4.78, 5) is 30.0. The van der Waals surface area contributed by atoms with E-state index in [9.17, 15) is 9.59 Å². The van der Waals surface area contributed by atoms with E-state index in [0.717, 1.165) is 46.8 Å². The zero-order valence-corrected chi connectivity index (χ0v) is 21.3. The fourth-order valence-electron chi connectivity index (χ4n) is 5.35. The van der Waals surface area contributed by atoms with Crippen LogP contribution in [0.5, 0.6) is 0 Å². The van der Waals surface area contributed by atoms with E-state index in [0.29, 0.717) is 24.2 Å². The van der Waals surface area contributed by atoms with Gasteiger partial charge in [0.25, 0.3) is 0 Å². The molecule has 7 heteroatoms. The van der Waals surface area contributed by atoms with Crippen LogP contribution in [0.25, 0.3) is 0 Å². The third-order valence-corrected chi connectivity index (χ3v) is 8.12. The second-order valence-corrected chi connectivity index (χ2v) is 10.7. The molecule has 35 heavy (non-hydrogen) atoms. The van der Waals surface area contributed by atoms with Gasteiger partial charge >= 0.3 is 5.97 Å². The van der Waals surface area contributed by atoms with Gasteiger partial charge in [0.15, 0.2) is 5.78 Å². The van der Waals surface area contributed by atoms with Gasteiger partial charge in [-0.05, 0) is 61.2 Å². The van der Waals surface area contributed by atoms with Gasteiger partial charge in [-0.15, -0.1) is 11.3 Å². The van der Waals surface area contributed by atoms with Crippen molar-refractivity contribution < 1.29 is 19.1 Å². The number of dihydropyridines is 1. The van der Waals surface area contributed by atoms with Crippen molar-refractivity contribution in [3.8, 4) is 0 Å². The van der Waals surface area contributed by atoms with Crippen LogP contribution in [0.2, 0.25) is 0 Å². The van der Waals surface area contributed by atoms with Crippen LogP contribution in [0.3, 0.4) is 0 Å². The summed E-state index contributed by atoms with van der Waals surface area (Å²) in [5.74, 6) is -0.567. The predicted molar refractivity (Wildman–Crippen MR) is 138 cm³/mol. The van der Waals surface area contributed by atoms with E-state index in [1.165, 1.54) is 0 Å². The monoisotopic (exact) mass is 492 g/mol. The van der Waals surface area contributed by atoms with Gasteiger partial charge in [-0.25, -0.2) is 4.79 Å². The molecule has 1 aromatic carbocycles. The van der Waals surface area contributed by atoms with E-state index in [4.69, 9.17) is 9.47 Å². The molecule has 3 aliphatic rings.